The molecule has 2 aromatic carbocycles. The van der Waals surface area contributed by atoms with Crippen LogP contribution in [0.3, 0.4) is 0 Å². The summed E-state index contributed by atoms with van der Waals surface area (Å²) < 4.78 is 27.7. The third kappa shape index (κ3) is 3.85. The van der Waals surface area contributed by atoms with Crippen molar-refractivity contribution in [3.8, 4) is 0 Å². The van der Waals surface area contributed by atoms with Crippen molar-refractivity contribution in [1.29, 1.82) is 0 Å². The van der Waals surface area contributed by atoms with Gasteiger partial charge in [-0.3, -0.25) is 9.79 Å². The molecule has 0 aliphatic carbocycles. The van der Waals surface area contributed by atoms with E-state index < -0.39 is 17.8 Å². The quantitative estimate of drug-likeness (QED) is 0.787. The molecule has 146 valence electrons. The van der Waals surface area contributed by atoms with Crippen LogP contribution in [0, 0.1) is 11.6 Å². The van der Waals surface area contributed by atoms with Gasteiger partial charge in [-0.2, -0.15) is 5.10 Å². The number of halogens is 2. The minimum Gasteiger partial charge on any atom is -0.399 e. The number of aliphatic imine (C=N–C) groups is 1. The highest BCUT2D eigenvalue weighted by molar-refractivity contribution is 6.12. The second kappa shape index (κ2) is 7.43. The van der Waals surface area contributed by atoms with E-state index in [0.717, 1.165) is 11.6 Å². The number of hydrogen-bond acceptors (Lipinski definition) is 4. The van der Waals surface area contributed by atoms with Crippen molar-refractivity contribution in [1.82, 2.24) is 5.01 Å². The summed E-state index contributed by atoms with van der Waals surface area (Å²) in [4.78, 5) is 17.5. The van der Waals surface area contributed by atoms with Crippen LogP contribution in [0.15, 0.2) is 70.8 Å². The Morgan fingerprint density at radius 1 is 1.10 bits per heavy atom. The number of allylic oxidation sites excluding steroid dienone is 3. The molecule has 29 heavy (non-hydrogen) atoms. The van der Waals surface area contributed by atoms with Crippen LogP contribution in [0.4, 0.5) is 14.5 Å². The molecule has 2 aliphatic heterocycles. The van der Waals surface area contributed by atoms with E-state index in [0.29, 0.717) is 22.7 Å². The summed E-state index contributed by atoms with van der Waals surface area (Å²) >= 11 is 0. The normalized spacial score (nSPS) is 19.0. The smallest absolute Gasteiger partial charge is 0.251 e. The van der Waals surface area contributed by atoms with Gasteiger partial charge in [0.25, 0.3) is 5.91 Å². The van der Waals surface area contributed by atoms with Gasteiger partial charge >= 0.3 is 0 Å². The standard InChI is InChI=1S/C22H18F2N4O/c1-13-2-3-15(18-9-6-16(23)11-19(18)24)10-21-26-20(12-22(29)28(21)27-13)14-4-7-17(25)8-5-14/h2-11,21H,12,25H2,1H3. The molecule has 2 N–H and O–H groups in total. The average molecular weight is 392 g/mol. The van der Waals surface area contributed by atoms with Crippen LogP contribution in [0.1, 0.15) is 24.5 Å². The number of carbonyl (C=O) groups is 1. The fraction of sp³-hybridized carbons (Fsp3) is 0.136. The van der Waals surface area contributed by atoms with Crippen molar-refractivity contribution in [3.05, 3.63) is 83.5 Å². The van der Waals surface area contributed by atoms with Gasteiger partial charge in [-0.15, -0.1) is 0 Å². The highest BCUT2D eigenvalue weighted by Gasteiger charge is 2.30. The van der Waals surface area contributed by atoms with Crippen molar-refractivity contribution < 1.29 is 13.6 Å². The minimum atomic E-state index is -0.747. The molecule has 7 heteroatoms. The number of fused-ring (bicyclic) bond motifs is 1. The number of nitrogens with two attached hydrogens (primary N) is 1. The van der Waals surface area contributed by atoms with E-state index >= 15 is 0 Å². The fourth-order valence-corrected chi connectivity index (χ4v) is 3.24. The van der Waals surface area contributed by atoms with Crippen molar-refractivity contribution in [2.45, 2.75) is 19.5 Å². The number of hydrogen-bond donors (Lipinski definition) is 1. The van der Waals surface area contributed by atoms with E-state index in [-0.39, 0.29) is 17.9 Å². The van der Waals surface area contributed by atoms with Gasteiger partial charge in [0.2, 0.25) is 0 Å². The third-order valence-electron chi connectivity index (χ3n) is 4.70. The van der Waals surface area contributed by atoms with Gasteiger partial charge in [0.1, 0.15) is 11.6 Å². The molecular weight excluding hydrogens is 374 g/mol. The number of benzene rings is 2. The second-order valence-corrected chi connectivity index (χ2v) is 6.85. The van der Waals surface area contributed by atoms with Crippen LogP contribution in [0.5, 0.6) is 0 Å². The molecule has 4 rings (SSSR count). The van der Waals surface area contributed by atoms with Gasteiger partial charge in [-0.05, 0) is 54.5 Å². The van der Waals surface area contributed by atoms with E-state index in [2.05, 4.69) is 10.1 Å². The lowest BCUT2D eigenvalue weighted by molar-refractivity contribution is -0.131. The minimum absolute atomic E-state index is 0.0923. The van der Waals surface area contributed by atoms with Crippen LogP contribution in [-0.2, 0) is 4.79 Å². The lowest BCUT2D eigenvalue weighted by Gasteiger charge is -2.29. The van der Waals surface area contributed by atoms with E-state index in [1.54, 1.807) is 49.4 Å². The molecule has 1 unspecified atom stereocenters. The fourth-order valence-electron chi connectivity index (χ4n) is 3.24. The van der Waals surface area contributed by atoms with Gasteiger partial charge < -0.3 is 5.73 Å². The first-order chi connectivity index (χ1) is 13.9. The molecule has 2 aromatic rings. The lowest BCUT2D eigenvalue weighted by Crippen LogP contribution is -2.41. The van der Waals surface area contributed by atoms with Crippen LogP contribution < -0.4 is 5.73 Å². The predicted octanol–water partition coefficient (Wildman–Crippen LogP) is 3.92. The van der Waals surface area contributed by atoms with Crippen molar-refractivity contribution in [2.24, 2.45) is 10.1 Å². The zero-order chi connectivity index (χ0) is 20.5. The molecule has 0 bridgehead atoms. The highest BCUT2D eigenvalue weighted by atomic mass is 19.1. The largest absolute Gasteiger partial charge is 0.399 e. The molecular formula is C22H18F2N4O. The molecule has 1 amide bonds. The van der Waals surface area contributed by atoms with E-state index in [1.165, 1.54) is 17.1 Å². The number of hydrazone groups is 1. The maximum Gasteiger partial charge on any atom is 0.251 e. The number of amides is 1. The summed E-state index contributed by atoms with van der Waals surface area (Å²) in [6.45, 7) is 1.74. The molecule has 1 atom stereocenters. The molecule has 5 nitrogen and oxygen atoms in total. The second-order valence-electron chi connectivity index (χ2n) is 6.85. The van der Waals surface area contributed by atoms with Gasteiger partial charge in [-0.1, -0.05) is 18.2 Å². The van der Waals surface area contributed by atoms with Crippen LogP contribution in [0.25, 0.3) is 5.57 Å². The molecule has 0 saturated heterocycles. The summed E-state index contributed by atoms with van der Waals surface area (Å²) in [5, 5.41) is 5.63. The third-order valence-corrected chi connectivity index (χ3v) is 4.70. The van der Waals surface area contributed by atoms with Crippen molar-refractivity contribution in [2.75, 3.05) is 5.73 Å². The van der Waals surface area contributed by atoms with Crippen LogP contribution >= 0.6 is 0 Å². The average Bonchev–Trinajstić information content (AvgIpc) is 2.67. The molecule has 0 saturated carbocycles. The number of nitrogen functional groups attached to an aromatic ring is 1. The monoisotopic (exact) mass is 392 g/mol. The van der Waals surface area contributed by atoms with Gasteiger partial charge in [0.05, 0.1) is 17.8 Å². The Kier molecular flexibility index (Phi) is 4.80. The molecule has 0 spiro atoms. The Bertz CT molecular complexity index is 1100. The number of anilines is 1. The zero-order valence-corrected chi connectivity index (χ0v) is 15.6. The van der Waals surface area contributed by atoms with Crippen molar-refractivity contribution >= 4 is 28.6 Å². The summed E-state index contributed by atoms with van der Waals surface area (Å²) in [6, 6.07) is 10.5. The number of carbonyl (C=O) groups excluding carboxylic acids is 1. The highest BCUT2D eigenvalue weighted by Crippen LogP contribution is 2.27. The van der Waals surface area contributed by atoms with E-state index in [4.69, 9.17) is 5.73 Å². The first-order valence-electron chi connectivity index (χ1n) is 9.06. The number of rotatable bonds is 2. The van der Waals surface area contributed by atoms with Gasteiger partial charge in [-0.25, -0.2) is 13.8 Å². The Morgan fingerprint density at radius 3 is 2.59 bits per heavy atom. The van der Waals surface area contributed by atoms with Crippen LogP contribution in [0.2, 0.25) is 0 Å². The molecule has 2 heterocycles. The Labute approximate surface area is 166 Å². The van der Waals surface area contributed by atoms with E-state index in [1.807, 2.05) is 0 Å². The lowest BCUT2D eigenvalue weighted by atomic mass is 10.0. The molecule has 0 aromatic heterocycles. The van der Waals surface area contributed by atoms with Crippen molar-refractivity contribution in [3.63, 3.8) is 0 Å². The summed E-state index contributed by atoms with van der Waals surface area (Å²) in [7, 11) is 0. The summed E-state index contributed by atoms with van der Waals surface area (Å²) in [5.41, 5.74) is 9.02. The molecule has 0 fully saturated rings. The maximum atomic E-state index is 14.4. The van der Waals surface area contributed by atoms with E-state index in [9.17, 15) is 13.6 Å². The SMILES string of the molecule is CC1=NN2C(=O)CC(c3ccc(N)cc3)=NC2C=C(c2ccc(F)cc2F)C=C1. The first kappa shape index (κ1) is 18.7. The van der Waals surface area contributed by atoms with Gasteiger partial charge in [0, 0.05) is 17.3 Å². The molecule has 2 aliphatic rings. The molecule has 0 radical (unpaired) electrons. The topological polar surface area (TPSA) is 71.0 Å². The Hall–Kier alpha value is -3.61. The first-order valence-corrected chi connectivity index (χ1v) is 9.06. The maximum absolute atomic E-state index is 14.4. The van der Waals surface area contributed by atoms with Gasteiger partial charge in [0.15, 0.2) is 6.17 Å². The predicted molar refractivity (Wildman–Crippen MR) is 109 cm³/mol. The summed E-state index contributed by atoms with van der Waals surface area (Å²) in [6.07, 6.45) is 4.36. The number of nitrogens with zero attached hydrogens (tertiary/aromatic N) is 3. The Balaban J connectivity index is 1.82. The van der Waals surface area contributed by atoms with Crippen LogP contribution in [-0.4, -0.2) is 28.5 Å². The summed E-state index contributed by atoms with van der Waals surface area (Å²) in [5.74, 6) is -1.56. The Morgan fingerprint density at radius 2 is 1.86 bits per heavy atom. The zero-order valence-electron chi connectivity index (χ0n) is 15.6.